The number of likely N-dealkylation sites (tertiary alicyclic amines) is 1. The van der Waals surface area contributed by atoms with Gasteiger partial charge in [-0.3, -0.25) is 4.79 Å². The molecule has 0 unspecified atom stereocenters. The number of likely N-dealkylation sites (N-methyl/N-ethyl adjacent to an activating group) is 1. The van der Waals surface area contributed by atoms with Gasteiger partial charge >= 0.3 is 6.03 Å². The first-order chi connectivity index (χ1) is 14.0. The summed E-state index contributed by atoms with van der Waals surface area (Å²) in [6.45, 7) is 3.86. The van der Waals surface area contributed by atoms with E-state index in [1.165, 1.54) is 19.8 Å². The van der Waals surface area contributed by atoms with Crippen LogP contribution < -0.4 is 5.32 Å². The van der Waals surface area contributed by atoms with E-state index in [9.17, 15) is 14.7 Å². The zero-order valence-electron chi connectivity index (χ0n) is 17.7. The number of benzene rings is 1. The summed E-state index contributed by atoms with van der Waals surface area (Å²) in [5, 5.41) is 13.0. The number of nitrogens with zero attached hydrogens (tertiary/aromatic N) is 2. The maximum absolute atomic E-state index is 12.6. The first kappa shape index (κ1) is 21.4. The van der Waals surface area contributed by atoms with Gasteiger partial charge in [0.05, 0.1) is 18.7 Å². The van der Waals surface area contributed by atoms with Gasteiger partial charge in [-0.25, -0.2) is 4.79 Å². The van der Waals surface area contributed by atoms with Crippen molar-refractivity contribution in [3.8, 4) is 0 Å². The zero-order valence-corrected chi connectivity index (χ0v) is 17.7. The Bertz CT molecular complexity index is 740. The quantitative estimate of drug-likeness (QED) is 0.772. The third-order valence-electron chi connectivity index (χ3n) is 6.27. The molecule has 158 valence electrons. The summed E-state index contributed by atoms with van der Waals surface area (Å²) in [6, 6.07) is 8.00. The molecule has 0 spiro atoms. The van der Waals surface area contributed by atoms with Gasteiger partial charge < -0.3 is 20.2 Å². The van der Waals surface area contributed by atoms with Gasteiger partial charge in [0.2, 0.25) is 5.91 Å². The van der Waals surface area contributed by atoms with Crippen molar-refractivity contribution in [3.63, 3.8) is 0 Å². The molecule has 1 saturated carbocycles. The fourth-order valence-electron chi connectivity index (χ4n) is 4.80. The van der Waals surface area contributed by atoms with Gasteiger partial charge in [-0.1, -0.05) is 49.3 Å². The molecule has 1 aromatic carbocycles. The number of aliphatic hydroxyl groups is 1. The second kappa shape index (κ2) is 9.44. The second-order valence-corrected chi connectivity index (χ2v) is 8.25. The molecule has 0 aromatic heterocycles. The normalized spacial score (nSPS) is 24.6. The Morgan fingerprint density at radius 1 is 1.21 bits per heavy atom. The van der Waals surface area contributed by atoms with E-state index in [2.05, 4.69) is 17.4 Å². The molecule has 2 N–H and O–H groups in total. The second-order valence-electron chi connectivity index (χ2n) is 8.25. The van der Waals surface area contributed by atoms with E-state index in [-0.39, 0.29) is 42.6 Å². The molecular formula is C23H33N3O3. The van der Waals surface area contributed by atoms with E-state index in [1.54, 1.807) is 16.8 Å². The van der Waals surface area contributed by atoms with Crippen molar-refractivity contribution in [2.24, 2.45) is 0 Å². The first-order valence-electron chi connectivity index (χ1n) is 10.6. The number of carbonyl (C=O) groups is 2. The zero-order chi connectivity index (χ0) is 21.0. The highest BCUT2D eigenvalue weighted by atomic mass is 16.3. The smallest absolute Gasteiger partial charge is 0.317 e. The molecule has 0 bridgehead atoms. The number of carbonyl (C=O) groups excluding carboxylic acids is 2. The monoisotopic (exact) mass is 399 g/mol. The van der Waals surface area contributed by atoms with E-state index in [1.807, 2.05) is 31.2 Å². The summed E-state index contributed by atoms with van der Waals surface area (Å²) in [7, 11) is 1.78. The molecular weight excluding hydrogens is 366 g/mol. The third kappa shape index (κ3) is 4.64. The van der Waals surface area contributed by atoms with Gasteiger partial charge in [-0.2, -0.15) is 0 Å². The molecule has 0 radical (unpaired) electrons. The summed E-state index contributed by atoms with van der Waals surface area (Å²) in [5.74, 6) is -0.0641. The number of allylic oxidation sites excluding steroid dienone is 1. The van der Waals surface area contributed by atoms with Crippen LogP contribution in [0.5, 0.6) is 0 Å². The van der Waals surface area contributed by atoms with Gasteiger partial charge in [-0.05, 0) is 30.9 Å². The molecule has 1 heterocycles. The minimum atomic E-state index is -0.253. The predicted octanol–water partition coefficient (Wildman–Crippen LogP) is 2.98. The Labute approximate surface area is 173 Å². The van der Waals surface area contributed by atoms with Crippen molar-refractivity contribution in [2.75, 3.05) is 20.2 Å². The minimum Gasteiger partial charge on any atom is -0.394 e. The van der Waals surface area contributed by atoms with Gasteiger partial charge in [-0.15, -0.1) is 0 Å². The standard InChI is InChI=1S/C23H33N3O3/c1-4-7-17-10-12-18(13-11-17)22-20(26(16(2)28)21(22)15-27)14-25(3)23(29)24-19-8-5-6-9-19/h4,7,10-13,19-22,27H,5-6,8-9,14-15H2,1-3H3,(H,24,29)/t20-,21+,22-/m0/s1. The van der Waals surface area contributed by atoms with Gasteiger partial charge in [0, 0.05) is 32.5 Å². The van der Waals surface area contributed by atoms with Gasteiger partial charge in [0.25, 0.3) is 0 Å². The van der Waals surface area contributed by atoms with E-state index in [4.69, 9.17) is 0 Å². The number of amides is 3. The van der Waals surface area contributed by atoms with Crippen molar-refractivity contribution < 1.29 is 14.7 Å². The lowest BCUT2D eigenvalue weighted by Gasteiger charge is -2.55. The fourth-order valence-corrected chi connectivity index (χ4v) is 4.80. The minimum absolute atomic E-state index is 0.00490. The predicted molar refractivity (Wildman–Crippen MR) is 114 cm³/mol. The first-order valence-corrected chi connectivity index (χ1v) is 10.6. The van der Waals surface area contributed by atoms with E-state index in [0.717, 1.165) is 24.0 Å². The lowest BCUT2D eigenvalue weighted by molar-refractivity contribution is -0.148. The molecule has 1 aliphatic carbocycles. The summed E-state index contributed by atoms with van der Waals surface area (Å²) in [6.07, 6.45) is 8.44. The van der Waals surface area contributed by atoms with Crippen LogP contribution in [0.2, 0.25) is 0 Å². The molecule has 3 amide bonds. The molecule has 2 fully saturated rings. The van der Waals surface area contributed by atoms with Crippen LogP contribution in [-0.4, -0.2) is 65.2 Å². The van der Waals surface area contributed by atoms with E-state index < -0.39 is 0 Å². The summed E-state index contributed by atoms with van der Waals surface area (Å²) < 4.78 is 0. The number of hydrogen-bond donors (Lipinski definition) is 2. The number of hydrogen-bond acceptors (Lipinski definition) is 3. The highest BCUT2D eigenvalue weighted by Gasteiger charge is 2.50. The van der Waals surface area contributed by atoms with Crippen LogP contribution in [0.15, 0.2) is 30.3 Å². The van der Waals surface area contributed by atoms with Crippen molar-refractivity contribution in [2.45, 2.75) is 63.6 Å². The number of aliphatic hydroxyl groups excluding tert-OH is 1. The number of rotatable bonds is 6. The van der Waals surface area contributed by atoms with Crippen LogP contribution in [0.25, 0.3) is 6.08 Å². The molecule has 1 aliphatic heterocycles. The number of urea groups is 1. The molecule has 2 aliphatic rings. The Balaban J connectivity index is 1.74. The van der Waals surface area contributed by atoms with Crippen LogP contribution in [0.3, 0.4) is 0 Å². The van der Waals surface area contributed by atoms with Crippen molar-refractivity contribution in [3.05, 3.63) is 41.5 Å². The maximum atomic E-state index is 12.6. The lowest BCUT2D eigenvalue weighted by atomic mass is 9.74. The summed E-state index contributed by atoms with van der Waals surface area (Å²) in [4.78, 5) is 28.3. The van der Waals surface area contributed by atoms with Crippen LogP contribution in [0, 0.1) is 0 Å². The number of nitrogens with one attached hydrogen (secondary N) is 1. The summed E-state index contributed by atoms with van der Waals surface area (Å²) in [5.41, 5.74) is 2.20. The Hall–Kier alpha value is -2.34. The third-order valence-corrected chi connectivity index (χ3v) is 6.27. The van der Waals surface area contributed by atoms with E-state index >= 15 is 0 Å². The highest BCUT2D eigenvalue weighted by Crippen LogP contribution is 2.41. The van der Waals surface area contributed by atoms with Crippen LogP contribution in [0.1, 0.15) is 56.6 Å². The van der Waals surface area contributed by atoms with Crippen LogP contribution in [0.4, 0.5) is 4.79 Å². The van der Waals surface area contributed by atoms with Crippen LogP contribution in [-0.2, 0) is 4.79 Å². The highest BCUT2D eigenvalue weighted by molar-refractivity contribution is 5.77. The largest absolute Gasteiger partial charge is 0.394 e. The lowest BCUT2D eigenvalue weighted by Crippen LogP contribution is -2.68. The van der Waals surface area contributed by atoms with Crippen molar-refractivity contribution in [1.29, 1.82) is 0 Å². The van der Waals surface area contributed by atoms with Crippen molar-refractivity contribution in [1.82, 2.24) is 15.1 Å². The SMILES string of the molecule is CC=Cc1ccc([C@@H]2[C@@H](CO)N(C(C)=O)[C@H]2CN(C)C(=O)NC2CCCC2)cc1. The molecule has 6 heteroatoms. The van der Waals surface area contributed by atoms with Crippen molar-refractivity contribution >= 4 is 18.0 Å². The average Bonchev–Trinajstić information content (AvgIpc) is 3.19. The summed E-state index contributed by atoms with van der Waals surface area (Å²) >= 11 is 0. The fraction of sp³-hybridized carbons (Fsp3) is 0.565. The topological polar surface area (TPSA) is 72.9 Å². The van der Waals surface area contributed by atoms with Crippen LogP contribution >= 0.6 is 0 Å². The average molecular weight is 400 g/mol. The Morgan fingerprint density at radius 3 is 2.41 bits per heavy atom. The molecule has 1 saturated heterocycles. The Kier molecular flexibility index (Phi) is 6.96. The molecule has 1 aromatic rings. The Morgan fingerprint density at radius 2 is 1.86 bits per heavy atom. The van der Waals surface area contributed by atoms with Gasteiger partial charge in [0.15, 0.2) is 0 Å². The van der Waals surface area contributed by atoms with E-state index in [0.29, 0.717) is 6.54 Å². The molecule has 29 heavy (non-hydrogen) atoms. The molecule has 6 nitrogen and oxygen atoms in total. The maximum Gasteiger partial charge on any atom is 0.317 e. The van der Waals surface area contributed by atoms with Gasteiger partial charge in [0.1, 0.15) is 0 Å². The molecule has 3 atom stereocenters. The molecule has 3 rings (SSSR count).